The number of rotatable bonds is 4. The number of aromatic nitrogens is 3. The molecule has 1 amide bonds. The zero-order chi connectivity index (χ0) is 18.1. The maximum absolute atomic E-state index is 12.8. The number of carbonyl (C=O) groups excluding carboxylic acids is 1. The molecular formula is C15H16ClF3N4O. The molecule has 0 spiro atoms. The molecule has 0 saturated heterocycles. The number of halogens is 4. The first kappa shape index (κ1) is 18.3. The van der Waals surface area contributed by atoms with Crippen LogP contribution in [0, 0.1) is 0 Å². The maximum atomic E-state index is 12.8. The molecule has 0 unspecified atom stereocenters. The highest BCUT2D eigenvalue weighted by Gasteiger charge is 2.32. The van der Waals surface area contributed by atoms with Gasteiger partial charge in [0.25, 0.3) is 5.91 Å². The summed E-state index contributed by atoms with van der Waals surface area (Å²) < 4.78 is 40.2. The number of nitrogens with zero attached hydrogens (tertiary/aromatic N) is 4. The minimum absolute atomic E-state index is 0.0369. The number of hydrogen-bond donors (Lipinski definition) is 0. The topological polar surface area (TPSA) is 51.0 Å². The molecular weight excluding hydrogens is 345 g/mol. The van der Waals surface area contributed by atoms with Crippen molar-refractivity contribution >= 4 is 17.5 Å². The second-order valence-electron chi connectivity index (χ2n) is 5.60. The van der Waals surface area contributed by atoms with Gasteiger partial charge in [0.1, 0.15) is 6.33 Å². The normalized spacial score (nSPS) is 11.8. The van der Waals surface area contributed by atoms with Gasteiger partial charge in [-0.05, 0) is 32.0 Å². The smallest absolute Gasteiger partial charge is 0.334 e. The van der Waals surface area contributed by atoms with Gasteiger partial charge in [-0.25, -0.2) is 0 Å². The Labute approximate surface area is 142 Å². The van der Waals surface area contributed by atoms with Gasteiger partial charge >= 0.3 is 6.18 Å². The van der Waals surface area contributed by atoms with Gasteiger partial charge in [0.2, 0.25) is 0 Å². The third-order valence-corrected chi connectivity index (χ3v) is 3.78. The van der Waals surface area contributed by atoms with Crippen LogP contribution in [0.15, 0.2) is 24.5 Å². The third-order valence-electron chi connectivity index (χ3n) is 3.45. The van der Waals surface area contributed by atoms with Crippen LogP contribution in [0.1, 0.15) is 41.6 Å². The van der Waals surface area contributed by atoms with E-state index in [1.54, 1.807) is 4.57 Å². The summed E-state index contributed by atoms with van der Waals surface area (Å²) >= 11 is 5.90. The van der Waals surface area contributed by atoms with Gasteiger partial charge in [-0.15, -0.1) is 10.2 Å². The van der Waals surface area contributed by atoms with E-state index in [0.717, 1.165) is 18.2 Å². The molecule has 0 radical (unpaired) electrons. The zero-order valence-electron chi connectivity index (χ0n) is 13.3. The summed E-state index contributed by atoms with van der Waals surface area (Å²) in [5.41, 5.74) is -1.13. The number of hydrogen-bond acceptors (Lipinski definition) is 3. The summed E-state index contributed by atoms with van der Waals surface area (Å²) in [4.78, 5) is 13.7. The quantitative estimate of drug-likeness (QED) is 0.833. The second kappa shape index (κ2) is 6.80. The monoisotopic (exact) mass is 360 g/mol. The highest BCUT2D eigenvalue weighted by Crippen LogP contribution is 2.32. The van der Waals surface area contributed by atoms with Crippen LogP contribution in [-0.2, 0) is 12.7 Å². The van der Waals surface area contributed by atoms with E-state index >= 15 is 0 Å². The predicted molar refractivity (Wildman–Crippen MR) is 82.7 cm³/mol. The van der Waals surface area contributed by atoms with E-state index in [2.05, 4.69) is 10.2 Å². The molecule has 0 aliphatic heterocycles. The van der Waals surface area contributed by atoms with Crippen molar-refractivity contribution in [3.8, 4) is 0 Å². The van der Waals surface area contributed by atoms with E-state index < -0.39 is 17.6 Å². The highest BCUT2D eigenvalue weighted by atomic mass is 35.5. The van der Waals surface area contributed by atoms with Crippen LogP contribution in [0.2, 0.25) is 5.02 Å². The van der Waals surface area contributed by atoms with Crippen molar-refractivity contribution in [1.82, 2.24) is 19.7 Å². The lowest BCUT2D eigenvalue weighted by molar-refractivity contribution is -0.137. The van der Waals surface area contributed by atoms with Crippen molar-refractivity contribution in [2.45, 2.75) is 32.6 Å². The van der Waals surface area contributed by atoms with Crippen LogP contribution in [0.3, 0.4) is 0 Å². The minimum Gasteiger partial charge on any atom is -0.334 e. The summed E-state index contributed by atoms with van der Waals surface area (Å²) in [7, 11) is 1.47. The van der Waals surface area contributed by atoms with Gasteiger partial charge in [-0.1, -0.05) is 11.6 Å². The van der Waals surface area contributed by atoms with Crippen LogP contribution in [0.5, 0.6) is 0 Å². The molecule has 0 N–H and O–H groups in total. The molecule has 24 heavy (non-hydrogen) atoms. The molecule has 1 aromatic heterocycles. The maximum Gasteiger partial charge on any atom is 0.416 e. The summed E-state index contributed by atoms with van der Waals surface area (Å²) in [6.07, 6.45) is -3.01. The van der Waals surface area contributed by atoms with Crippen molar-refractivity contribution < 1.29 is 18.0 Å². The standard InChI is InChI=1S/C15H16ClF3N4O/c1-9(2)23-8-20-21-13(23)7-22(3)14(24)11-6-10(15(17,18)19)4-5-12(11)16/h4-6,8-9H,7H2,1-3H3. The molecule has 9 heteroatoms. The van der Waals surface area contributed by atoms with Crippen molar-refractivity contribution in [3.05, 3.63) is 46.5 Å². The highest BCUT2D eigenvalue weighted by molar-refractivity contribution is 6.33. The lowest BCUT2D eigenvalue weighted by Gasteiger charge is -2.19. The van der Waals surface area contributed by atoms with Crippen LogP contribution < -0.4 is 0 Å². The molecule has 5 nitrogen and oxygen atoms in total. The molecule has 2 aromatic rings. The molecule has 2 rings (SSSR count). The molecule has 0 fully saturated rings. The fourth-order valence-electron chi connectivity index (χ4n) is 2.17. The van der Waals surface area contributed by atoms with Crippen LogP contribution in [-0.4, -0.2) is 32.6 Å². The van der Waals surface area contributed by atoms with Gasteiger partial charge in [-0.2, -0.15) is 13.2 Å². The van der Waals surface area contributed by atoms with Crippen molar-refractivity contribution in [2.75, 3.05) is 7.05 Å². The lowest BCUT2D eigenvalue weighted by Crippen LogP contribution is -2.28. The molecule has 0 aliphatic carbocycles. The summed E-state index contributed by atoms with van der Waals surface area (Å²) in [6.45, 7) is 3.96. The molecule has 0 saturated carbocycles. The van der Waals surface area contributed by atoms with Gasteiger partial charge in [-0.3, -0.25) is 4.79 Å². The number of amides is 1. The van der Waals surface area contributed by atoms with Crippen molar-refractivity contribution in [2.24, 2.45) is 0 Å². The Bertz CT molecular complexity index is 743. The Morgan fingerprint density at radius 3 is 2.62 bits per heavy atom. The van der Waals surface area contributed by atoms with Gasteiger partial charge in [0.15, 0.2) is 5.82 Å². The molecule has 130 valence electrons. The summed E-state index contributed by atoms with van der Waals surface area (Å²) in [6, 6.07) is 2.76. The average molecular weight is 361 g/mol. The van der Waals surface area contributed by atoms with E-state index in [1.807, 2.05) is 13.8 Å². The molecule has 0 atom stereocenters. The lowest BCUT2D eigenvalue weighted by atomic mass is 10.1. The zero-order valence-corrected chi connectivity index (χ0v) is 14.1. The first-order valence-electron chi connectivity index (χ1n) is 7.12. The Balaban J connectivity index is 2.26. The Kier molecular flexibility index (Phi) is 5.17. The molecule has 0 aliphatic rings. The van der Waals surface area contributed by atoms with E-state index in [9.17, 15) is 18.0 Å². The van der Waals surface area contributed by atoms with Crippen molar-refractivity contribution in [3.63, 3.8) is 0 Å². The van der Waals surface area contributed by atoms with Crippen LogP contribution in [0.4, 0.5) is 13.2 Å². The first-order valence-corrected chi connectivity index (χ1v) is 7.49. The van der Waals surface area contributed by atoms with Gasteiger partial charge < -0.3 is 9.47 Å². The van der Waals surface area contributed by atoms with Crippen molar-refractivity contribution in [1.29, 1.82) is 0 Å². The first-order chi connectivity index (χ1) is 11.1. The minimum atomic E-state index is -4.55. The average Bonchev–Trinajstić information content (AvgIpc) is 2.94. The van der Waals surface area contributed by atoms with E-state index in [1.165, 1.54) is 18.3 Å². The van der Waals surface area contributed by atoms with E-state index in [0.29, 0.717) is 5.82 Å². The summed E-state index contributed by atoms with van der Waals surface area (Å²) in [5, 5.41) is 7.69. The Morgan fingerprint density at radius 2 is 2.04 bits per heavy atom. The predicted octanol–water partition coefficient (Wildman–Crippen LogP) is 3.80. The largest absolute Gasteiger partial charge is 0.416 e. The second-order valence-corrected chi connectivity index (χ2v) is 6.01. The Hall–Kier alpha value is -2.09. The third kappa shape index (κ3) is 3.87. The van der Waals surface area contributed by atoms with E-state index in [4.69, 9.17) is 11.6 Å². The SMILES string of the molecule is CC(C)n1cnnc1CN(C)C(=O)c1cc(C(F)(F)F)ccc1Cl. The van der Waals surface area contributed by atoms with E-state index in [-0.39, 0.29) is 23.2 Å². The van der Waals surface area contributed by atoms with Crippen LogP contribution in [0.25, 0.3) is 0 Å². The van der Waals surface area contributed by atoms with Crippen LogP contribution >= 0.6 is 11.6 Å². The number of benzene rings is 1. The van der Waals surface area contributed by atoms with Gasteiger partial charge in [0.05, 0.1) is 22.7 Å². The molecule has 1 aromatic carbocycles. The fourth-order valence-corrected chi connectivity index (χ4v) is 2.36. The molecule has 0 bridgehead atoms. The Morgan fingerprint density at radius 1 is 1.38 bits per heavy atom. The molecule has 1 heterocycles. The summed E-state index contributed by atoms with van der Waals surface area (Å²) in [5.74, 6) is -0.0895. The fraction of sp³-hybridized carbons (Fsp3) is 0.400. The number of carbonyl (C=O) groups is 1. The van der Waals surface area contributed by atoms with Gasteiger partial charge in [0, 0.05) is 13.1 Å². The number of alkyl halides is 3.